The van der Waals surface area contributed by atoms with Gasteiger partial charge in [0.05, 0.1) is 18.1 Å². The number of rotatable bonds is 11. The molecular formula is C29H31F2N3O4. The number of nitro benzene ring substituents is 1. The van der Waals surface area contributed by atoms with Crippen molar-refractivity contribution in [2.24, 2.45) is 0 Å². The zero-order chi connectivity index (χ0) is 27.1. The molecule has 3 aromatic rings. The van der Waals surface area contributed by atoms with Gasteiger partial charge >= 0.3 is 5.97 Å². The van der Waals surface area contributed by atoms with Crippen LogP contribution in [0.3, 0.4) is 0 Å². The Morgan fingerprint density at radius 2 is 1.82 bits per heavy atom. The number of ether oxygens (including phenoxy) is 1. The minimum atomic E-state index is -0.437. The van der Waals surface area contributed by atoms with E-state index in [4.69, 9.17) is 4.74 Å². The highest BCUT2D eigenvalue weighted by atomic mass is 19.1. The number of hydrogen-bond acceptors (Lipinski definition) is 6. The fraction of sp³-hybridized carbons (Fsp3) is 0.345. The van der Waals surface area contributed by atoms with Gasteiger partial charge in [-0.3, -0.25) is 24.7 Å². The van der Waals surface area contributed by atoms with E-state index >= 15 is 0 Å². The maximum atomic E-state index is 14.0. The van der Waals surface area contributed by atoms with Crippen molar-refractivity contribution >= 4 is 11.7 Å². The summed E-state index contributed by atoms with van der Waals surface area (Å²) in [6, 6.07) is 17.7. The highest BCUT2D eigenvalue weighted by Crippen LogP contribution is 2.26. The monoisotopic (exact) mass is 523 g/mol. The number of halogens is 2. The van der Waals surface area contributed by atoms with Crippen LogP contribution in [0.4, 0.5) is 14.5 Å². The van der Waals surface area contributed by atoms with Gasteiger partial charge in [0.25, 0.3) is 5.69 Å². The Balaban J connectivity index is 1.52. The summed E-state index contributed by atoms with van der Waals surface area (Å²) in [6.07, 6.45) is 1.31. The lowest BCUT2D eigenvalue weighted by Gasteiger charge is -2.38. The van der Waals surface area contributed by atoms with E-state index in [1.165, 1.54) is 30.3 Å². The molecule has 0 radical (unpaired) electrons. The average Bonchev–Trinajstić information content (AvgIpc) is 2.89. The lowest BCUT2D eigenvalue weighted by molar-refractivity contribution is -0.384. The van der Waals surface area contributed by atoms with Crippen molar-refractivity contribution in [1.29, 1.82) is 0 Å². The quantitative estimate of drug-likeness (QED) is 0.202. The third-order valence-electron chi connectivity index (χ3n) is 6.79. The fourth-order valence-corrected chi connectivity index (χ4v) is 4.92. The molecule has 7 nitrogen and oxygen atoms in total. The average molecular weight is 524 g/mol. The van der Waals surface area contributed by atoms with E-state index in [-0.39, 0.29) is 42.5 Å². The molecule has 1 unspecified atom stereocenters. The molecule has 0 saturated heterocycles. The first kappa shape index (κ1) is 27.3. The normalized spacial score (nSPS) is 15.3. The highest BCUT2D eigenvalue weighted by Gasteiger charge is 2.27. The molecule has 1 heterocycles. The van der Waals surface area contributed by atoms with Gasteiger partial charge in [-0.25, -0.2) is 8.78 Å². The second-order valence-corrected chi connectivity index (χ2v) is 9.51. The molecule has 0 aromatic heterocycles. The van der Waals surface area contributed by atoms with Gasteiger partial charge in [-0.05, 0) is 66.3 Å². The first-order chi connectivity index (χ1) is 18.3. The van der Waals surface area contributed by atoms with E-state index in [9.17, 15) is 23.7 Å². The molecule has 0 bridgehead atoms. The lowest BCUT2D eigenvalue weighted by Crippen LogP contribution is -2.46. The summed E-state index contributed by atoms with van der Waals surface area (Å²) >= 11 is 0. The van der Waals surface area contributed by atoms with Gasteiger partial charge in [-0.2, -0.15) is 0 Å². The Hall–Kier alpha value is -3.69. The molecule has 1 atom stereocenters. The van der Waals surface area contributed by atoms with Crippen molar-refractivity contribution in [2.45, 2.75) is 38.9 Å². The van der Waals surface area contributed by atoms with Crippen LogP contribution in [-0.2, 0) is 35.5 Å². The van der Waals surface area contributed by atoms with Crippen molar-refractivity contribution in [3.05, 3.63) is 111 Å². The summed E-state index contributed by atoms with van der Waals surface area (Å²) in [6.45, 7) is 4.15. The summed E-state index contributed by atoms with van der Waals surface area (Å²) in [4.78, 5) is 27.4. The second kappa shape index (κ2) is 12.7. The molecule has 0 saturated carbocycles. The number of fused-ring (bicyclic) bond motifs is 1. The maximum Gasteiger partial charge on any atom is 0.320 e. The molecule has 0 N–H and O–H groups in total. The highest BCUT2D eigenvalue weighted by molar-refractivity contribution is 5.71. The van der Waals surface area contributed by atoms with Crippen LogP contribution in [-0.4, -0.2) is 53.0 Å². The Bertz CT molecular complexity index is 1270. The summed E-state index contributed by atoms with van der Waals surface area (Å²) < 4.78 is 32.6. The first-order valence-electron chi connectivity index (χ1n) is 12.7. The molecule has 38 heavy (non-hydrogen) atoms. The summed E-state index contributed by atoms with van der Waals surface area (Å²) in [5, 5.41) is 11.2. The van der Waals surface area contributed by atoms with Gasteiger partial charge in [0.15, 0.2) is 0 Å². The Labute approximate surface area is 220 Å². The molecule has 4 rings (SSSR count). The van der Waals surface area contributed by atoms with Gasteiger partial charge in [-0.1, -0.05) is 30.3 Å². The molecule has 3 aromatic carbocycles. The molecule has 0 fully saturated rings. The number of carbonyl (C=O) groups is 1. The molecule has 1 aliphatic heterocycles. The van der Waals surface area contributed by atoms with Crippen molar-refractivity contribution in [1.82, 2.24) is 9.80 Å². The molecular weight excluding hydrogens is 492 g/mol. The third-order valence-corrected chi connectivity index (χ3v) is 6.79. The molecule has 200 valence electrons. The first-order valence-corrected chi connectivity index (χ1v) is 12.7. The smallest absolute Gasteiger partial charge is 0.320 e. The standard InChI is InChI=1S/C29H31F2N3O4/c1-2-38-29(35)20-32(18-22-4-3-5-27(15-22)34(36)37)12-13-33-19-23-8-11-26(31)16-24(23)17-28(33)14-21-6-9-25(30)10-7-21/h3-11,15-16,28H,2,12-14,17-20H2,1H3. The number of nitro groups is 1. The zero-order valence-corrected chi connectivity index (χ0v) is 21.3. The van der Waals surface area contributed by atoms with E-state index in [2.05, 4.69) is 4.90 Å². The van der Waals surface area contributed by atoms with Crippen molar-refractivity contribution in [3.63, 3.8) is 0 Å². The number of nitrogens with zero attached hydrogens (tertiary/aromatic N) is 3. The van der Waals surface area contributed by atoms with Gasteiger partial charge in [0.2, 0.25) is 0 Å². The molecule has 1 aliphatic rings. The predicted molar refractivity (Wildman–Crippen MR) is 139 cm³/mol. The van der Waals surface area contributed by atoms with E-state index in [1.54, 1.807) is 37.3 Å². The van der Waals surface area contributed by atoms with Gasteiger partial charge in [0.1, 0.15) is 11.6 Å². The number of non-ortho nitro benzene ring substituents is 1. The van der Waals surface area contributed by atoms with Crippen LogP contribution in [0.15, 0.2) is 66.7 Å². The zero-order valence-electron chi connectivity index (χ0n) is 21.3. The SMILES string of the molecule is CCOC(=O)CN(CCN1Cc2ccc(F)cc2CC1Cc1ccc(F)cc1)Cc1cccc([N+](=O)[O-])c1. The van der Waals surface area contributed by atoms with E-state index in [0.29, 0.717) is 39.0 Å². The van der Waals surface area contributed by atoms with Crippen LogP contribution in [0, 0.1) is 21.7 Å². The largest absolute Gasteiger partial charge is 0.465 e. The number of benzene rings is 3. The van der Waals surface area contributed by atoms with Crippen LogP contribution in [0.25, 0.3) is 0 Å². The minimum Gasteiger partial charge on any atom is -0.465 e. The van der Waals surface area contributed by atoms with Crippen molar-refractivity contribution < 1.29 is 23.2 Å². The van der Waals surface area contributed by atoms with Gasteiger partial charge in [-0.15, -0.1) is 0 Å². The lowest BCUT2D eigenvalue weighted by atomic mass is 9.90. The van der Waals surface area contributed by atoms with E-state index in [1.807, 2.05) is 11.0 Å². The Kier molecular flexibility index (Phi) is 9.15. The molecule has 9 heteroatoms. The summed E-state index contributed by atoms with van der Waals surface area (Å²) in [5.74, 6) is -0.923. The number of esters is 1. The number of carbonyl (C=O) groups excluding carboxylic acids is 1. The van der Waals surface area contributed by atoms with Crippen molar-refractivity contribution in [2.75, 3.05) is 26.2 Å². The molecule has 0 amide bonds. The third kappa shape index (κ3) is 7.43. The predicted octanol–water partition coefficient (Wildman–Crippen LogP) is 4.91. The number of hydrogen-bond donors (Lipinski definition) is 0. The van der Waals surface area contributed by atoms with Crippen LogP contribution < -0.4 is 0 Å². The van der Waals surface area contributed by atoms with Crippen molar-refractivity contribution in [3.8, 4) is 0 Å². The fourth-order valence-electron chi connectivity index (χ4n) is 4.92. The summed E-state index contributed by atoms with van der Waals surface area (Å²) in [5.41, 5.74) is 3.73. The van der Waals surface area contributed by atoms with Crippen LogP contribution in [0.1, 0.15) is 29.2 Å². The Morgan fingerprint density at radius 1 is 1.05 bits per heavy atom. The minimum absolute atomic E-state index is 0.00202. The van der Waals surface area contributed by atoms with Gasteiger partial charge < -0.3 is 4.74 Å². The van der Waals surface area contributed by atoms with Crippen LogP contribution in [0.2, 0.25) is 0 Å². The second-order valence-electron chi connectivity index (χ2n) is 9.51. The Morgan fingerprint density at radius 3 is 2.55 bits per heavy atom. The molecule has 0 spiro atoms. The van der Waals surface area contributed by atoms with Gasteiger partial charge in [0, 0.05) is 44.4 Å². The van der Waals surface area contributed by atoms with Crippen LogP contribution in [0.5, 0.6) is 0 Å². The molecule has 0 aliphatic carbocycles. The van der Waals surface area contributed by atoms with Crippen LogP contribution >= 0.6 is 0 Å². The topological polar surface area (TPSA) is 75.9 Å². The van der Waals surface area contributed by atoms with E-state index in [0.717, 1.165) is 22.3 Å². The maximum absolute atomic E-state index is 14.0. The summed E-state index contributed by atoms with van der Waals surface area (Å²) in [7, 11) is 0. The van der Waals surface area contributed by atoms with E-state index < -0.39 is 4.92 Å².